The highest BCUT2D eigenvalue weighted by Crippen LogP contribution is 2.32. The minimum atomic E-state index is -4.44. The summed E-state index contributed by atoms with van der Waals surface area (Å²) in [7, 11) is 1.55. The Kier molecular flexibility index (Phi) is 5.12. The summed E-state index contributed by atoms with van der Waals surface area (Å²) >= 11 is 0. The summed E-state index contributed by atoms with van der Waals surface area (Å²) in [4.78, 5) is 17.6. The second-order valence-electron chi connectivity index (χ2n) is 5.86. The van der Waals surface area contributed by atoms with Crippen LogP contribution in [-0.4, -0.2) is 54.4 Å². The fourth-order valence-electron chi connectivity index (χ4n) is 2.53. The van der Waals surface area contributed by atoms with Gasteiger partial charge in [0.1, 0.15) is 0 Å². The van der Waals surface area contributed by atoms with E-state index in [0.29, 0.717) is 32.1 Å². The molecule has 3 rings (SSSR count). The standard InChI is InChI=1S/C16H17F3N4O3/c1-25-6-5-20-15(24)23-8-11(9-23)14-21-13(22-26-14)10-3-2-4-12(7-10)16(17,18)19/h2-4,7,11H,5-6,8-9H2,1H3,(H,20,24). The molecule has 0 aliphatic carbocycles. The van der Waals surface area contributed by atoms with Crippen LogP contribution in [-0.2, 0) is 10.9 Å². The number of nitrogens with one attached hydrogen (secondary N) is 1. The SMILES string of the molecule is COCCNC(=O)N1CC(c2nc(-c3cccc(C(F)(F)F)c3)no2)C1. The lowest BCUT2D eigenvalue weighted by atomic mass is 10.0. The summed E-state index contributed by atoms with van der Waals surface area (Å²) in [6.45, 7) is 1.65. The maximum atomic E-state index is 12.8. The van der Waals surface area contributed by atoms with Crippen molar-refractivity contribution in [3.8, 4) is 11.4 Å². The van der Waals surface area contributed by atoms with Crippen molar-refractivity contribution in [1.29, 1.82) is 0 Å². The van der Waals surface area contributed by atoms with E-state index >= 15 is 0 Å². The molecule has 1 aliphatic heterocycles. The highest BCUT2D eigenvalue weighted by molar-refractivity contribution is 5.75. The van der Waals surface area contributed by atoms with Crippen LogP contribution in [0, 0.1) is 0 Å². The summed E-state index contributed by atoms with van der Waals surface area (Å²) in [6.07, 6.45) is -4.44. The van der Waals surface area contributed by atoms with Gasteiger partial charge in [-0.15, -0.1) is 0 Å². The third-order valence-electron chi connectivity index (χ3n) is 3.99. The first-order valence-corrected chi connectivity index (χ1v) is 7.91. The lowest BCUT2D eigenvalue weighted by Crippen LogP contribution is -2.53. The molecule has 0 saturated carbocycles. The van der Waals surface area contributed by atoms with E-state index in [1.807, 2.05) is 0 Å². The van der Waals surface area contributed by atoms with E-state index in [0.717, 1.165) is 12.1 Å². The van der Waals surface area contributed by atoms with Gasteiger partial charge in [-0.05, 0) is 12.1 Å². The zero-order valence-electron chi connectivity index (χ0n) is 13.9. The Labute approximate surface area is 147 Å². The number of halogens is 3. The fraction of sp³-hybridized carbons (Fsp3) is 0.438. The predicted octanol–water partition coefficient (Wildman–Crippen LogP) is 2.51. The molecule has 2 amide bonds. The Balaban J connectivity index is 1.61. The number of hydrogen-bond acceptors (Lipinski definition) is 5. The van der Waals surface area contributed by atoms with Gasteiger partial charge >= 0.3 is 12.2 Å². The molecule has 1 aromatic heterocycles. The van der Waals surface area contributed by atoms with Crippen molar-refractivity contribution in [3.05, 3.63) is 35.7 Å². The Bertz CT molecular complexity index is 772. The van der Waals surface area contributed by atoms with E-state index in [9.17, 15) is 18.0 Å². The minimum absolute atomic E-state index is 0.0918. The van der Waals surface area contributed by atoms with Crippen LogP contribution >= 0.6 is 0 Å². The molecule has 1 fully saturated rings. The normalized spacial score (nSPS) is 15.0. The van der Waals surface area contributed by atoms with Crippen molar-refractivity contribution < 1.29 is 27.2 Å². The van der Waals surface area contributed by atoms with Gasteiger partial charge in [-0.25, -0.2) is 4.79 Å². The zero-order chi connectivity index (χ0) is 18.7. The number of rotatable bonds is 5. The van der Waals surface area contributed by atoms with Crippen molar-refractivity contribution in [2.75, 3.05) is 33.4 Å². The second kappa shape index (κ2) is 7.32. The number of alkyl halides is 3. The first kappa shape index (κ1) is 18.2. The van der Waals surface area contributed by atoms with Gasteiger partial charge in [-0.2, -0.15) is 18.2 Å². The molecule has 1 aliphatic rings. The van der Waals surface area contributed by atoms with Crippen molar-refractivity contribution in [1.82, 2.24) is 20.4 Å². The van der Waals surface area contributed by atoms with E-state index in [1.165, 1.54) is 12.1 Å². The van der Waals surface area contributed by atoms with Gasteiger partial charge in [-0.1, -0.05) is 17.3 Å². The van der Waals surface area contributed by atoms with E-state index in [-0.39, 0.29) is 23.3 Å². The number of methoxy groups -OCH3 is 1. The van der Waals surface area contributed by atoms with Gasteiger partial charge in [0, 0.05) is 32.3 Å². The summed E-state index contributed by atoms with van der Waals surface area (Å²) < 4.78 is 48.4. The number of hydrogen-bond donors (Lipinski definition) is 1. The molecule has 0 bridgehead atoms. The topological polar surface area (TPSA) is 80.5 Å². The van der Waals surface area contributed by atoms with Crippen molar-refractivity contribution in [2.24, 2.45) is 0 Å². The number of nitrogens with zero attached hydrogens (tertiary/aromatic N) is 3. The highest BCUT2D eigenvalue weighted by Gasteiger charge is 2.36. The number of benzene rings is 1. The van der Waals surface area contributed by atoms with Crippen molar-refractivity contribution in [3.63, 3.8) is 0 Å². The number of likely N-dealkylation sites (tertiary alicyclic amines) is 1. The van der Waals surface area contributed by atoms with E-state index in [1.54, 1.807) is 12.0 Å². The quantitative estimate of drug-likeness (QED) is 0.818. The van der Waals surface area contributed by atoms with Gasteiger partial charge in [-0.3, -0.25) is 0 Å². The molecule has 26 heavy (non-hydrogen) atoms. The van der Waals surface area contributed by atoms with Gasteiger partial charge in [0.2, 0.25) is 11.7 Å². The van der Waals surface area contributed by atoms with Gasteiger partial charge in [0.25, 0.3) is 0 Å². The number of aromatic nitrogens is 2. The summed E-state index contributed by atoms with van der Waals surface area (Å²) in [5.41, 5.74) is -0.549. The lowest BCUT2D eigenvalue weighted by molar-refractivity contribution is -0.137. The third-order valence-corrected chi connectivity index (χ3v) is 3.99. The van der Waals surface area contributed by atoms with Gasteiger partial charge in [0.05, 0.1) is 18.1 Å². The van der Waals surface area contributed by atoms with Gasteiger partial charge in [0.15, 0.2) is 0 Å². The maximum absolute atomic E-state index is 12.8. The largest absolute Gasteiger partial charge is 0.416 e. The molecule has 0 unspecified atom stereocenters. The highest BCUT2D eigenvalue weighted by atomic mass is 19.4. The molecule has 10 heteroatoms. The van der Waals surface area contributed by atoms with Crippen LogP contribution in [0.5, 0.6) is 0 Å². The molecule has 0 radical (unpaired) electrons. The maximum Gasteiger partial charge on any atom is 0.416 e. The average Bonchev–Trinajstić information content (AvgIpc) is 3.03. The van der Waals surface area contributed by atoms with Crippen molar-refractivity contribution >= 4 is 6.03 Å². The molecular formula is C16H17F3N4O3. The minimum Gasteiger partial charge on any atom is -0.383 e. The van der Waals surface area contributed by atoms with Crippen LogP contribution in [0.15, 0.2) is 28.8 Å². The molecule has 140 valence electrons. The van der Waals surface area contributed by atoms with Crippen LogP contribution in [0.2, 0.25) is 0 Å². The molecule has 1 N–H and O–H groups in total. The predicted molar refractivity (Wildman–Crippen MR) is 84.3 cm³/mol. The molecule has 1 aromatic carbocycles. The van der Waals surface area contributed by atoms with Crippen LogP contribution in [0.3, 0.4) is 0 Å². The number of carbonyl (C=O) groups excluding carboxylic acids is 1. The molecule has 1 saturated heterocycles. The summed E-state index contributed by atoms with van der Waals surface area (Å²) in [5.74, 6) is 0.266. The van der Waals surface area contributed by atoms with Crippen LogP contribution in [0.25, 0.3) is 11.4 Å². The molecule has 2 heterocycles. The van der Waals surface area contributed by atoms with E-state index < -0.39 is 11.7 Å². The smallest absolute Gasteiger partial charge is 0.383 e. The number of ether oxygens (including phenoxy) is 1. The zero-order valence-corrected chi connectivity index (χ0v) is 13.9. The first-order valence-electron chi connectivity index (χ1n) is 7.91. The van der Waals surface area contributed by atoms with Crippen LogP contribution < -0.4 is 5.32 Å². The lowest BCUT2D eigenvalue weighted by Gasteiger charge is -2.36. The Hall–Kier alpha value is -2.62. The van der Waals surface area contributed by atoms with E-state index in [4.69, 9.17) is 9.26 Å². The first-order chi connectivity index (χ1) is 12.4. The molecule has 7 nitrogen and oxygen atoms in total. The number of carbonyl (C=O) groups is 1. The molecule has 0 spiro atoms. The second-order valence-corrected chi connectivity index (χ2v) is 5.86. The Morgan fingerprint density at radius 1 is 1.42 bits per heavy atom. The molecule has 0 atom stereocenters. The summed E-state index contributed by atoms with van der Waals surface area (Å²) in [6, 6.07) is 4.53. The fourth-order valence-corrected chi connectivity index (χ4v) is 2.53. The third kappa shape index (κ3) is 3.96. The Morgan fingerprint density at radius 2 is 2.19 bits per heavy atom. The molecule has 2 aromatic rings. The average molecular weight is 370 g/mol. The number of amides is 2. The van der Waals surface area contributed by atoms with E-state index in [2.05, 4.69) is 15.5 Å². The number of urea groups is 1. The van der Waals surface area contributed by atoms with Gasteiger partial charge < -0.3 is 19.5 Å². The Morgan fingerprint density at radius 3 is 2.88 bits per heavy atom. The monoisotopic (exact) mass is 370 g/mol. The van der Waals surface area contributed by atoms with Crippen LogP contribution in [0.1, 0.15) is 17.4 Å². The van der Waals surface area contributed by atoms with Crippen LogP contribution in [0.4, 0.5) is 18.0 Å². The summed E-state index contributed by atoms with van der Waals surface area (Å²) in [5, 5.41) is 6.45. The molecular weight excluding hydrogens is 353 g/mol. The van der Waals surface area contributed by atoms with Crippen molar-refractivity contribution in [2.45, 2.75) is 12.1 Å².